The second kappa shape index (κ2) is 9.34. The van der Waals surface area contributed by atoms with Gasteiger partial charge in [-0.1, -0.05) is 60.7 Å². The Kier molecular flexibility index (Phi) is 5.72. The van der Waals surface area contributed by atoms with Crippen molar-refractivity contribution in [3.8, 4) is 17.1 Å². The Morgan fingerprint density at radius 2 is 1.73 bits per heavy atom. The molecule has 0 saturated heterocycles. The van der Waals surface area contributed by atoms with Crippen LogP contribution in [0.5, 0.6) is 5.88 Å². The van der Waals surface area contributed by atoms with Gasteiger partial charge in [0.25, 0.3) is 11.8 Å². The van der Waals surface area contributed by atoms with E-state index >= 15 is 0 Å². The van der Waals surface area contributed by atoms with E-state index in [-0.39, 0.29) is 22.7 Å². The number of benzodiazepines with no additional fused rings is 1. The minimum absolute atomic E-state index is 0.0656. The fraction of sp³-hybridized carbons (Fsp3) is 0.143. The number of aromatic nitrogens is 2. The van der Waals surface area contributed by atoms with Crippen LogP contribution < -0.4 is 15.4 Å². The van der Waals surface area contributed by atoms with Gasteiger partial charge in [0.15, 0.2) is 0 Å². The summed E-state index contributed by atoms with van der Waals surface area (Å²) in [6.07, 6.45) is -0.539. The fourth-order valence-corrected chi connectivity index (χ4v) is 4.55. The normalized spacial score (nSPS) is 16.4. The number of benzene rings is 3. The van der Waals surface area contributed by atoms with Crippen molar-refractivity contribution in [3.63, 3.8) is 0 Å². The molecule has 0 saturated carbocycles. The van der Waals surface area contributed by atoms with E-state index in [1.807, 2.05) is 48.5 Å². The number of para-hydroxylation sites is 1. The van der Waals surface area contributed by atoms with Crippen LogP contribution in [0, 0.1) is 5.82 Å². The van der Waals surface area contributed by atoms with Crippen molar-refractivity contribution in [2.75, 3.05) is 11.9 Å². The number of halogens is 1. The monoisotopic (exact) mass is 495 g/mol. The SMILES string of the molecule is O=C(NC1N=C(c2ccccc2)c2ccccc2NC1=O)c1c(-c2ccccc2F)nn2c1OCCC2. The van der Waals surface area contributed by atoms with Gasteiger partial charge in [-0.15, -0.1) is 0 Å². The number of rotatable bonds is 4. The van der Waals surface area contributed by atoms with Crippen LogP contribution in [0.2, 0.25) is 0 Å². The lowest BCUT2D eigenvalue weighted by Crippen LogP contribution is -2.42. The first-order valence-corrected chi connectivity index (χ1v) is 11.9. The molecule has 0 radical (unpaired) electrons. The third-order valence-corrected chi connectivity index (χ3v) is 6.28. The molecule has 6 rings (SSSR count). The quantitative estimate of drug-likeness (QED) is 0.447. The van der Waals surface area contributed by atoms with E-state index in [0.29, 0.717) is 31.0 Å². The van der Waals surface area contributed by atoms with E-state index in [2.05, 4.69) is 20.7 Å². The molecule has 2 aliphatic rings. The standard InChI is InChI=1S/C28H22FN5O3/c29-20-13-6-4-11-18(20)24-22(28-34(33-24)15-8-16-37-28)26(35)32-25-27(36)30-21-14-7-5-12-19(21)23(31-25)17-9-2-1-3-10-17/h1-7,9-14,25H,8,15-16H2,(H,30,36)(H,32,35). The maximum absolute atomic E-state index is 14.7. The molecule has 9 heteroatoms. The molecule has 0 aliphatic carbocycles. The van der Waals surface area contributed by atoms with Gasteiger partial charge >= 0.3 is 0 Å². The molecule has 3 aromatic carbocycles. The summed E-state index contributed by atoms with van der Waals surface area (Å²) >= 11 is 0. The summed E-state index contributed by atoms with van der Waals surface area (Å²) in [5.41, 5.74) is 3.06. The van der Waals surface area contributed by atoms with E-state index < -0.39 is 23.8 Å². The third-order valence-electron chi connectivity index (χ3n) is 6.28. The number of carbonyl (C=O) groups is 2. The van der Waals surface area contributed by atoms with E-state index in [1.54, 1.807) is 28.9 Å². The third kappa shape index (κ3) is 4.14. The Balaban J connectivity index is 1.42. The van der Waals surface area contributed by atoms with Crippen LogP contribution in [0.1, 0.15) is 27.9 Å². The minimum atomic E-state index is -1.25. The Morgan fingerprint density at radius 3 is 2.54 bits per heavy atom. The summed E-state index contributed by atoms with van der Waals surface area (Å²) in [4.78, 5) is 31.6. The number of ether oxygens (including phenoxy) is 1. The molecule has 1 atom stereocenters. The molecule has 4 aromatic rings. The largest absolute Gasteiger partial charge is 0.477 e. The van der Waals surface area contributed by atoms with Crippen molar-refractivity contribution < 1.29 is 18.7 Å². The van der Waals surface area contributed by atoms with Crippen molar-refractivity contribution in [1.29, 1.82) is 0 Å². The molecule has 0 spiro atoms. The molecule has 37 heavy (non-hydrogen) atoms. The maximum Gasteiger partial charge on any atom is 0.269 e. The lowest BCUT2D eigenvalue weighted by Gasteiger charge is -2.17. The van der Waals surface area contributed by atoms with Crippen molar-refractivity contribution >= 4 is 23.2 Å². The second-order valence-corrected chi connectivity index (χ2v) is 8.69. The van der Waals surface area contributed by atoms with Crippen molar-refractivity contribution in [2.24, 2.45) is 4.99 Å². The van der Waals surface area contributed by atoms with Crippen LogP contribution in [0.25, 0.3) is 11.3 Å². The number of carbonyl (C=O) groups excluding carboxylic acids is 2. The van der Waals surface area contributed by atoms with Crippen LogP contribution in [0.3, 0.4) is 0 Å². The molecule has 0 bridgehead atoms. The number of aryl methyl sites for hydroxylation is 1. The summed E-state index contributed by atoms with van der Waals surface area (Å²) in [6.45, 7) is 0.928. The van der Waals surface area contributed by atoms with Crippen molar-refractivity contribution in [3.05, 3.63) is 101 Å². The highest BCUT2D eigenvalue weighted by Crippen LogP contribution is 2.34. The fourth-order valence-electron chi connectivity index (χ4n) is 4.55. The highest BCUT2D eigenvalue weighted by Gasteiger charge is 2.33. The highest BCUT2D eigenvalue weighted by molar-refractivity contribution is 6.20. The molecular formula is C28H22FN5O3. The number of hydrogen-bond donors (Lipinski definition) is 2. The van der Waals surface area contributed by atoms with Gasteiger partial charge in [0.2, 0.25) is 12.0 Å². The summed E-state index contributed by atoms with van der Waals surface area (Å²) < 4.78 is 22.1. The maximum atomic E-state index is 14.7. The van der Waals surface area contributed by atoms with E-state index in [0.717, 1.165) is 11.1 Å². The van der Waals surface area contributed by atoms with Gasteiger partial charge in [0, 0.05) is 29.7 Å². The first kappa shape index (κ1) is 22.7. The molecule has 2 aliphatic heterocycles. The molecule has 184 valence electrons. The molecule has 3 heterocycles. The summed E-state index contributed by atoms with van der Waals surface area (Å²) in [5.74, 6) is -1.41. The van der Waals surface area contributed by atoms with Crippen LogP contribution in [0.4, 0.5) is 10.1 Å². The van der Waals surface area contributed by atoms with Crippen molar-refractivity contribution in [2.45, 2.75) is 19.1 Å². The Bertz CT molecular complexity index is 1550. The van der Waals surface area contributed by atoms with Gasteiger partial charge in [0.05, 0.1) is 18.0 Å². The number of hydrogen-bond acceptors (Lipinski definition) is 5. The first-order chi connectivity index (χ1) is 18.1. The van der Waals surface area contributed by atoms with Gasteiger partial charge in [-0.05, 0) is 18.2 Å². The molecule has 0 fully saturated rings. The van der Waals surface area contributed by atoms with Crippen LogP contribution in [-0.2, 0) is 11.3 Å². The van der Waals surface area contributed by atoms with Crippen molar-refractivity contribution in [1.82, 2.24) is 15.1 Å². The number of nitrogens with zero attached hydrogens (tertiary/aromatic N) is 3. The zero-order chi connectivity index (χ0) is 25.4. The summed E-state index contributed by atoms with van der Waals surface area (Å²) in [7, 11) is 0. The van der Waals surface area contributed by atoms with Gasteiger partial charge < -0.3 is 15.4 Å². The number of anilines is 1. The number of aliphatic imine (C=N–C) groups is 1. The van der Waals surface area contributed by atoms with Gasteiger partial charge in [0.1, 0.15) is 17.1 Å². The lowest BCUT2D eigenvalue weighted by atomic mass is 10.0. The zero-order valence-electron chi connectivity index (χ0n) is 19.6. The topological polar surface area (TPSA) is 97.6 Å². The van der Waals surface area contributed by atoms with Crippen LogP contribution in [-0.4, -0.2) is 40.1 Å². The molecule has 8 nitrogen and oxygen atoms in total. The molecular weight excluding hydrogens is 473 g/mol. The molecule has 2 amide bonds. The molecule has 1 aromatic heterocycles. The van der Waals surface area contributed by atoms with E-state index in [1.165, 1.54) is 6.07 Å². The lowest BCUT2D eigenvalue weighted by molar-refractivity contribution is -0.117. The highest BCUT2D eigenvalue weighted by atomic mass is 19.1. The molecule has 2 N–H and O–H groups in total. The number of amides is 2. The average molecular weight is 496 g/mol. The Labute approximate surface area is 211 Å². The predicted octanol–water partition coefficient (Wildman–Crippen LogP) is 4.02. The smallest absolute Gasteiger partial charge is 0.269 e. The minimum Gasteiger partial charge on any atom is -0.477 e. The summed E-state index contributed by atoms with van der Waals surface area (Å²) in [5, 5.41) is 10.1. The van der Waals surface area contributed by atoms with Crippen LogP contribution in [0.15, 0.2) is 83.9 Å². The van der Waals surface area contributed by atoms with Crippen LogP contribution >= 0.6 is 0 Å². The van der Waals surface area contributed by atoms with Gasteiger partial charge in [-0.25, -0.2) is 14.1 Å². The number of nitrogens with one attached hydrogen (secondary N) is 2. The van der Waals surface area contributed by atoms with E-state index in [4.69, 9.17) is 4.74 Å². The summed E-state index contributed by atoms with van der Waals surface area (Å²) in [6, 6.07) is 22.9. The Hall–Kier alpha value is -4.79. The van der Waals surface area contributed by atoms with Gasteiger partial charge in [-0.3, -0.25) is 9.59 Å². The average Bonchev–Trinajstić information content (AvgIpc) is 3.25. The Morgan fingerprint density at radius 1 is 1.00 bits per heavy atom. The van der Waals surface area contributed by atoms with E-state index in [9.17, 15) is 14.0 Å². The second-order valence-electron chi connectivity index (χ2n) is 8.69. The first-order valence-electron chi connectivity index (χ1n) is 11.9. The predicted molar refractivity (Wildman–Crippen MR) is 136 cm³/mol. The zero-order valence-corrected chi connectivity index (χ0v) is 19.6. The van der Waals surface area contributed by atoms with Gasteiger partial charge in [-0.2, -0.15) is 5.10 Å². The number of fused-ring (bicyclic) bond motifs is 2. The molecule has 1 unspecified atom stereocenters.